The van der Waals surface area contributed by atoms with Gasteiger partial charge in [-0.3, -0.25) is 0 Å². The van der Waals surface area contributed by atoms with Gasteiger partial charge in [0.1, 0.15) is 0 Å². The first-order valence-electron chi connectivity index (χ1n) is 7.85. The Morgan fingerprint density at radius 1 is 1.08 bits per heavy atom. The van der Waals surface area contributed by atoms with Gasteiger partial charge in [0.05, 0.1) is 34.1 Å². The van der Waals surface area contributed by atoms with Gasteiger partial charge in [-0.2, -0.15) is 0 Å². The summed E-state index contributed by atoms with van der Waals surface area (Å²) in [6.07, 6.45) is -0.577. The molecule has 24 heavy (non-hydrogen) atoms. The van der Waals surface area contributed by atoms with E-state index in [9.17, 15) is 5.11 Å². The van der Waals surface area contributed by atoms with Gasteiger partial charge in [0, 0.05) is 32.0 Å². The Kier molecular flexibility index (Phi) is 4.73. The molecule has 6 heteroatoms. The monoisotopic (exact) mass is 344 g/mol. The quantitative estimate of drug-likeness (QED) is 0.550. The molecule has 1 heterocycles. The van der Waals surface area contributed by atoms with Crippen LogP contribution in [0.25, 0.3) is 22.1 Å². The van der Waals surface area contributed by atoms with Crippen LogP contribution in [0.2, 0.25) is 0 Å². The molecule has 5 nitrogen and oxygen atoms in total. The third kappa shape index (κ3) is 3.37. The number of aromatic nitrogens is 2. The molecule has 3 aromatic rings. The fourth-order valence-electron chi connectivity index (χ4n) is 2.57. The highest BCUT2D eigenvalue weighted by Gasteiger charge is 2.08. The fraction of sp³-hybridized carbons (Fsp3) is 0.333. The molecule has 1 unspecified atom stereocenters. The van der Waals surface area contributed by atoms with E-state index in [-0.39, 0.29) is 5.88 Å². The minimum atomic E-state index is -0.577. The maximum atomic E-state index is 9.62. The molecule has 0 spiro atoms. The number of aliphatic hydroxyl groups excluding tert-OH is 1. The van der Waals surface area contributed by atoms with E-state index >= 15 is 0 Å². The number of nitrogens with zero attached hydrogens (tertiary/aromatic N) is 3. The molecule has 0 fully saturated rings. The van der Waals surface area contributed by atoms with Crippen molar-refractivity contribution < 1.29 is 5.11 Å². The van der Waals surface area contributed by atoms with Crippen LogP contribution in [0.4, 0.5) is 11.4 Å². The SMILES string of the molecule is Cc1cc2nc3ccc(N(C)C)cc3nc2cc1NCC(O)CCl. The first-order valence-corrected chi connectivity index (χ1v) is 8.39. The molecule has 126 valence electrons. The highest BCUT2D eigenvalue weighted by atomic mass is 35.5. The average Bonchev–Trinajstić information content (AvgIpc) is 2.57. The predicted molar refractivity (Wildman–Crippen MR) is 101 cm³/mol. The number of rotatable bonds is 5. The zero-order chi connectivity index (χ0) is 17.3. The lowest BCUT2D eigenvalue weighted by Crippen LogP contribution is -2.21. The standard InChI is InChI=1S/C18H21ClN4O/c1-11-6-16-18(8-15(11)20-10-13(24)9-19)22-17-7-12(23(2)3)4-5-14(17)21-16/h4-8,13,20,24H,9-10H2,1-3H3. The molecular weight excluding hydrogens is 324 g/mol. The second kappa shape index (κ2) is 6.79. The molecule has 3 rings (SSSR count). The molecule has 0 radical (unpaired) electrons. The van der Waals surface area contributed by atoms with Crippen LogP contribution in [0.3, 0.4) is 0 Å². The topological polar surface area (TPSA) is 61.3 Å². The number of hydrogen-bond acceptors (Lipinski definition) is 5. The van der Waals surface area contributed by atoms with Gasteiger partial charge >= 0.3 is 0 Å². The first kappa shape index (κ1) is 16.7. The van der Waals surface area contributed by atoms with Crippen molar-refractivity contribution in [2.75, 3.05) is 36.7 Å². The highest BCUT2D eigenvalue weighted by Crippen LogP contribution is 2.25. The lowest BCUT2D eigenvalue weighted by Gasteiger charge is -2.14. The average molecular weight is 345 g/mol. The van der Waals surface area contributed by atoms with Crippen LogP contribution < -0.4 is 10.2 Å². The fourth-order valence-corrected chi connectivity index (χ4v) is 2.68. The van der Waals surface area contributed by atoms with Crippen LogP contribution in [-0.4, -0.2) is 47.7 Å². The highest BCUT2D eigenvalue weighted by molar-refractivity contribution is 6.18. The Bertz CT molecular complexity index is 882. The van der Waals surface area contributed by atoms with Crippen molar-refractivity contribution in [3.05, 3.63) is 35.9 Å². The molecule has 0 aliphatic heterocycles. The van der Waals surface area contributed by atoms with Crippen LogP contribution in [0.1, 0.15) is 5.56 Å². The van der Waals surface area contributed by atoms with Gasteiger partial charge in [-0.05, 0) is 42.8 Å². The summed E-state index contributed by atoms with van der Waals surface area (Å²) < 4.78 is 0. The number of nitrogens with one attached hydrogen (secondary N) is 1. The predicted octanol–water partition coefficient (Wildman–Crippen LogP) is 3.17. The number of aryl methyl sites for hydroxylation is 1. The normalized spacial score (nSPS) is 12.5. The summed E-state index contributed by atoms with van der Waals surface area (Å²) in [5.41, 5.74) is 6.52. The second-order valence-corrected chi connectivity index (χ2v) is 6.44. The number of halogens is 1. The van der Waals surface area contributed by atoms with Crippen molar-refractivity contribution >= 4 is 45.0 Å². The molecule has 0 aliphatic rings. The lowest BCUT2D eigenvalue weighted by atomic mass is 10.1. The summed E-state index contributed by atoms with van der Waals surface area (Å²) in [5, 5.41) is 12.8. The Balaban J connectivity index is 2.04. The van der Waals surface area contributed by atoms with Gasteiger partial charge < -0.3 is 15.3 Å². The number of aliphatic hydroxyl groups is 1. The van der Waals surface area contributed by atoms with Gasteiger partial charge in [0.2, 0.25) is 0 Å². The summed E-state index contributed by atoms with van der Waals surface area (Å²) in [4.78, 5) is 11.5. The van der Waals surface area contributed by atoms with Crippen molar-refractivity contribution in [1.29, 1.82) is 0 Å². The maximum absolute atomic E-state index is 9.62. The minimum absolute atomic E-state index is 0.206. The van der Waals surface area contributed by atoms with E-state index in [0.717, 1.165) is 39.0 Å². The third-order valence-corrected chi connectivity index (χ3v) is 4.34. The van der Waals surface area contributed by atoms with Crippen LogP contribution in [0, 0.1) is 6.92 Å². The summed E-state index contributed by atoms with van der Waals surface area (Å²) >= 11 is 5.64. The third-order valence-electron chi connectivity index (χ3n) is 3.99. The van der Waals surface area contributed by atoms with Gasteiger partial charge in [-0.25, -0.2) is 9.97 Å². The zero-order valence-electron chi connectivity index (χ0n) is 14.0. The summed E-state index contributed by atoms with van der Waals surface area (Å²) in [6.45, 7) is 2.41. The van der Waals surface area contributed by atoms with Gasteiger partial charge in [-0.1, -0.05) is 0 Å². The Hall–Kier alpha value is -2.11. The van der Waals surface area contributed by atoms with Gasteiger partial charge in [0.15, 0.2) is 0 Å². The molecule has 1 aromatic heterocycles. The minimum Gasteiger partial charge on any atom is -0.390 e. The molecule has 1 atom stereocenters. The van der Waals surface area contributed by atoms with Crippen molar-refractivity contribution in [1.82, 2.24) is 9.97 Å². The lowest BCUT2D eigenvalue weighted by molar-refractivity contribution is 0.211. The van der Waals surface area contributed by atoms with Crippen LogP contribution in [0.15, 0.2) is 30.3 Å². The van der Waals surface area contributed by atoms with Gasteiger partial charge in [0.25, 0.3) is 0 Å². The molecule has 0 saturated carbocycles. The Morgan fingerprint density at radius 2 is 1.75 bits per heavy atom. The molecule has 0 aliphatic carbocycles. The molecule has 2 N–H and O–H groups in total. The van der Waals surface area contributed by atoms with E-state index in [1.165, 1.54) is 0 Å². The number of alkyl halides is 1. The van der Waals surface area contributed by atoms with E-state index < -0.39 is 6.10 Å². The first-order chi connectivity index (χ1) is 11.5. The molecular formula is C18H21ClN4O. The largest absolute Gasteiger partial charge is 0.390 e. The van der Waals surface area contributed by atoms with E-state index in [2.05, 4.69) is 5.32 Å². The van der Waals surface area contributed by atoms with Crippen LogP contribution >= 0.6 is 11.6 Å². The zero-order valence-corrected chi connectivity index (χ0v) is 14.8. The van der Waals surface area contributed by atoms with Gasteiger partial charge in [-0.15, -0.1) is 11.6 Å². The Morgan fingerprint density at radius 3 is 2.46 bits per heavy atom. The van der Waals surface area contributed by atoms with E-state index in [0.29, 0.717) is 6.54 Å². The van der Waals surface area contributed by atoms with Crippen molar-refractivity contribution in [2.24, 2.45) is 0 Å². The maximum Gasteiger partial charge on any atom is 0.0915 e. The second-order valence-electron chi connectivity index (χ2n) is 6.14. The van der Waals surface area contributed by atoms with E-state index in [4.69, 9.17) is 21.6 Å². The van der Waals surface area contributed by atoms with Crippen molar-refractivity contribution in [2.45, 2.75) is 13.0 Å². The van der Waals surface area contributed by atoms with E-state index in [1.54, 1.807) is 0 Å². The molecule has 0 bridgehead atoms. The summed E-state index contributed by atoms with van der Waals surface area (Å²) in [7, 11) is 4.01. The number of hydrogen-bond donors (Lipinski definition) is 2. The van der Waals surface area contributed by atoms with Crippen molar-refractivity contribution in [3.63, 3.8) is 0 Å². The number of anilines is 2. The van der Waals surface area contributed by atoms with Crippen molar-refractivity contribution in [3.8, 4) is 0 Å². The molecule has 0 amide bonds. The molecule has 0 saturated heterocycles. The van der Waals surface area contributed by atoms with Crippen LogP contribution in [0.5, 0.6) is 0 Å². The summed E-state index contributed by atoms with van der Waals surface area (Å²) in [5.74, 6) is 0.206. The van der Waals surface area contributed by atoms with Crippen LogP contribution in [-0.2, 0) is 0 Å². The Labute approximate surface area is 146 Å². The number of fused-ring (bicyclic) bond motifs is 2. The summed E-state index contributed by atoms with van der Waals surface area (Å²) in [6, 6.07) is 10.1. The molecule has 2 aromatic carbocycles. The number of benzene rings is 2. The smallest absolute Gasteiger partial charge is 0.0915 e. The van der Waals surface area contributed by atoms with E-state index in [1.807, 2.05) is 56.3 Å².